The van der Waals surface area contributed by atoms with Crippen LogP contribution in [-0.2, 0) is 11.3 Å². The van der Waals surface area contributed by atoms with E-state index < -0.39 is 0 Å². The minimum absolute atomic E-state index is 0.304. The Balaban J connectivity index is 1.14. The summed E-state index contributed by atoms with van der Waals surface area (Å²) in [5, 5.41) is 10.2. The zero-order valence-electron chi connectivity index (χ0n) is 18.0. The number of aromatic nitrogens is 3. The maximum Gasteiger partial charge on any atom is 0.290 e. The summed E-state index contributed by atoms with van der Waals surface area (Å²) in [7, 11) is 0. The number of nitrogens with one attached hydrogen (secondary N) is 3. The summed E-state index contributed by atoms with van der Waals surface area (Å²) >= 11 is 0.884. The molecule has 0 unspecified atom stereocenters. The molecule has 0 atom stereocenters. The average Bonchev–Trinajstić information content (AvgIpc) is 3.15. The zero-order valence-corrected chi connectivity index (χ0v) is 18.8. The third-order valence-electron chi connectivity index (χ3n) is 5.98. The Morgan fingerprint density at radius 2 is 1.85 bits per heavy atom. The van der Waals surface area contributed by atoms with Gasteiger partial charge >= 0.3 is 0 Å². The maximum atomic E-state index is 11.7. The molecule has 1 saturated carbocycles. The molecule has 9 heteroatoms. The fourth-order valence-corrected chi connectivity index (χ4v) is 4.94. The number of imide groups is 1. The molecule has 2 amide bonds. The number of carbonyl (C=O) groups excluding carboxylic acids is 2. The standard InChI is InChI=1S/C24H24N6O2S/c31-22-21(33-24(32)30-22)13-18-10-12-26-23(29-18)28-17-8-6-16(7-9-17)27-14-15-3-1-5-20-19(15)4-2-11-25-20/h1-5,10-13,16-17,27H,6-9,14H2,(H,26,28,29)(H,30,31,32). The molecule has 168 valence electrons. The molecule has 2 aliphatic rings. The maximum absolute atomic E-state index is 11.7. The molecule has 1 aliphatic heterocycles. The second-order valence-corrected chi connectivity index (χ2v) is 9.23. The van der Waals surface area contributed by atoms with Crippen LogP contribution in [0.2, 0.25) is 0 Å². The molecule has 0 spiro atoms. The summed E-state index contributed by atoms with van der Waals surface area (Å²) in [4.78, 5) is 36.7. The molecular weight excluding hydrogens is 436 g/mol. The van der Waals surface area contributed by atoms with Crippen molar-refractivity contribution in [3.63, 3.8) is 0 Å². The lowest BCUT2D eigenvalue weighted by Crippen LogP contribution is -2.36. The number of amides is 2. The first-order valence-electron chi connectivity index (χ1n) is 11.0. The Bertz CT molecular complexity index is 1220. The highest BCUT2D eigenvalue weighted by Crippen LogP contribution is 2.26. The Labute approximate surface area is 195 Å². The molecule has 0 radical (unpaired) electrons. The third-order valence-corrected chi connectivity index (χ3v) is 6.79. The van der Waals surface area contributed by atoms with Crippen molar-refractivity contribution in [3.8, 4) is 0 Å². The summed E-state index contributed by atoms with van der Waals surface area (Å²) in [5.74, 6) is 0.155. The third kappa shape index (κ3) is 5.20. The second kappa shape index (κ2) is 9.68. The lowest BCUT2D eigenvalue weighted by molar-refractivity contribution is -0.115. The monoisotopic (exact) mass is 460 g/mol. The predicted molar refractivity (Wildman–Crippen MR) is 129 cm³/mol. The van der Waals surface area contributed by atoms with Crippen LogP contribution < -0.4 is 16.0 Å². The summed E-state index contributed by atoms with van der Waals surface area (Å²) in [6, 6.07) is 12.9. The summed E-state index contributed by atoms with van der Waals surface area (Å²) in [5.41, 5.74) is 2.90. The Kier molecular flexibility index (Phi) is 6.32. The van der Waals surface area contributed by atoms with Gasteiger partial charge in [0.05, 0.1) is 16.1 Å². The quantitative estimate of drug-likeness (QED) is 0.476. The van der Waals surface area contributed by atoms with Crippen molar-refractivity contribution < 1.29 is 9.59 Å². The van der Waals surface area contributed by atoms with E-state index in [-0.39, 0.29) is 11.1 Å². The van der Waals surface area contributed by atoms with Crippen LogP contribution in [0.15, 0.2) is 53.7 Å². The van der Waals surface area contributed by atoms with Gasteiger partial charge in [-0.2, -0.15) is 0 Å². The molecule has 2 fully saturated rings. The minimum atomic E-state index is -0.385. The first-order valence-corrected chi connectivity index (χ1v) is 11.9. The average molecular weight is 461 g/mol. The van der Waals surface area contributed by atoms with E-state index in [0.717, 1.165) is 49.5 Å². The molecule has 8 nitrogen and oxygen atoms in total. The number of hydrogen-bond donors (Lipinski definition) is 3. The number of nitrogens with zero attached hydrogens (tertiary/aromatic N) is 3. The highest BCUT2D eigenvalue weighted by molar-refractivity contribution is 8.18. The van der Waals surface area contributed by atoms with Crippen molar-refractivity contribution in [1.82, 2.24) is 25.6 Å². The molecule has 0 bridgehead atoms. The van der Waals surface area contributed by atoms with Crippen molar-refractivity contribution in [1.29, 1.82) is 0 Å². The Morgan fingerprint density at radius 3 is 2.67 bits per heavy atom. The topological polar surface area (TPSA) is 109 Å². The van der Waals surface area contributed by atoms with Crippen LogP contribution in [0.1, 0.15) is 36.9 Å². The lowest BCUT2D eigenvalue weighted by atomic mass is 9.91. The van der Waals surface area contributed by atoms with Gasteiger partial charge in [-0.3, -0.25) is 19.9 Å². The molecule has 5 rings (SSSR count). The van der Waals surface area contributed by atoms with E-state index in [1.54, 1.807) is 18.3 Å². The number of hydrogen-bond acceptors (Lipinski definition) is 8. The van der Waals surface area contributed by atoms with E-state index in [0.29, 0.717) is 28.6 Å². The van der Waals surface area contributed by atoms with Crippen molar-refractivity contribution in [2.75, 3.05) is 5.32 Å². The first-order chi connectivity index (χ1) is 16.1. The number of carbonyl (C=O) groups is 2. The largest absolute Gasteiger partial charge is 0.351 e. The molecular formula is C24H24N6O2S. The van der Waals surface area contributed by atoms with Crippen LogP contribution in [0, 0.1) is 0 Å². The number of anilines is 1. The first kappa shape index (κ1) is 21.5. The van der Waals surface area contributed by atoms with E-state index in [4.69, 9.17) is 0 Å². The fourth-order valence-electron chi connectivity index (χ4n) is 4.28. The van der Waals surface area contributed by atoms with Crippen molar-refractivity contribution >= 4 is 45.8 Å². The molecule has 33 heavy (non-hydrogen) atoms. The molecule has 3 aromatic rings. The number of fused-ring (bicyclic) bond motifs is 1. The van der Waals surface area contributed by atoms with E-state index in [2.05, 4.69) is 49.1 Å². The van der Waals surface area contributed by atoms with Crippen LogP contribution in [0.5, 0.6) is 0 Å². The van der Waals surface area contributed by atoms with Crippen LogP contribution in [-0.4, -0.2) is 38.2 Å². The van der Waals surface area contributed by atoms with E-state index in [1.165, 1.54) is 10.9 Å². The second-order valence-electron chi connectivity index (χ2n) is 8.22. The van der Waals surface area contributed by atoms with Crippen molar-refractivity contribution in [2.24, 2.45) is 0 Å². The number of pyridine rings is 1. The molecule has 1 aromatic carbocycles. The van der Waals surface area contributed by atoms with Gasteiger partial charge in [0.2, 0.25) is 5.95 Å². The summed E-state index contributed by atoms with van der Waals surface area (Å²) in [6.45, 7) is 0.833. The van der Waals surface area contributed by atoms with E-state index >= 15 is 0 Å². The van der Waals surface area contributed by atoms with Crippen LogP contribution in [0.3, 0.4) is 0 Å². The Morgan fingerprint density at radius 1 is 1.00 bits per heavy atom. The minimum Gasteiger partial charge on any atom is -0.351 e. The number of thioether (sulfide) groups is 1. The van der Waals surface area contributed by atoms with Gasteiger partial charge in [0.25, 0.3) is 11.1 Å². The molecule has 3 N–H and O–H groups in total. The van der Waals surface area contributed by atoms with Crippen LogP contribution >= 0.6 is 11.8 Å². The van der Waals surface area contributed by atoms with Gasteiger partial charge in [-0.15, -0.1) is 0 Å². The van der Waals surface area contributed by atoms with Gasteiger partial charge in [0.1, 0.15) is 0 Å². The lowest BCUT2D eigenvalue weighted by Gasteiger charge is -2.30. The number of benzene rings is 1. The van der Waals surface area contributed by atoms with E-state index in [1.807, 2.05) is 18.3 Å². The Hall–Kier alpha value is -3.30. The van der Waals surface area contributed by atoms with Gasteiger partial charge in [-0.05, 0) is 67.3 Å². The van der Waals surface area contributed by atoms with Crippen molar-refractivity contribution in [2.45, 2.75) is 44.3 Å². The van der Waals surface area contributed by atoms with Gasteiger partial charge in [-0.1, -0.05) is 18.2 Å². The smallest absolute Gasteiger partial charge is 0.290 e. The summed E-state index contributed by atoms with van der Waals surface area (Å²) < 4.78 is 0. The van der Waals surface area contributed by atoms with Crippen LogP contribution in [0.25, 0.3) is 17.0 Å². The summed E-state index contributed by atoms with van der Waals surface area (Å²) in [6.07, 6.45) is 9.29. The highest BCUT2D eigenvalue weighted by Gasteiger charge is 2.25. The van der Waals surface area contributed by atoms with Gasteiger partial charge in [0.15, 0.2) is 0 Å². The fraction of sp³-hybridized carbons (Fsp3) is 0.292. The molecule has 3 heterocycles. The van der Waals surface area contributed by atoms with Gasteiger partial charge in [0, 0.05) is 36.4 Å². The molecule has 1 aliphatic carbocycles. The SMILES string of the molecule is O=C1NC(=O)C(=Cc2ccnc(NC3CCC(NCc4cccc5ncccc45)CC3)n2)S1. The molecule has 1 saturated heterocycles. The van der Waals surface area contributed by atoms with Gasteiger partial charge < -0.3 is 10.6 Å². The van der Waals surface area contributed by atoms with E-state index in [9.17, 15) is 9.59 Å². The predicted octanol–water partition coefficient (Wildman–Crippen LogP) is 3.86. The van der Waals surface area contributed by atoms with Crippen molar-refractivity contribution in [3.05, 3.63) is 65.0 Å². The normalized spacial score (nSPS) is 22.0. The molecule has 2 aromatic heterocycles. The highest BCUT2D eigenvalue weighted by atomic mass is 32.2. The number of rotatable bonds is 6. The van der Waals surface area contributed by atoms with Crippen LogP contribution in [0.4, 0.5) is 10.7 Å². The van der Waals surface area contributed by atoms with Gasteiger partial charge in [-0.25, -0.2) is 9.97 Å². The zero-order chi connectivity index (χ0) is 22.6.